The van der Waals surface area contributed by atoms with Gasteiger partial charge in [0.2, 0.25) is 11.8 Å². The number of aryl methyl sites for hydroxylation is 1. The van der Waals surface area contributed by atoms with Gasteiger partial charge in [-0.25, -0.2) is 0 Å². The molecule has 336 valence electrons. The molecular weight excluding hydrogens is 800 g/mol. The number of piperidine rings is 2. The van der Waals surface area contributed by atoms with Crippen LogP contribution in [0.3, 0.4) is 0 Å². The summed E-state index contributed by atoms with van der Waals surface area (Å²) < 4.78 is 2.12. The molecule has 0 atom stereocenters. The number of H-pyrrole nitrogens is 2. The number of aromatic nitrogens is 3. The van der Waals surface area contributed by atoms with Crippen LogP contribution in [0.4, 0.5) is 5.69 Å². The lowest BCUT2D eigenvalue weighted by molar-refractivity contribution is -0.445. The zero-order valence-corrected chi connectivity index (χ0v) is 38.1. The fourth-order valence-electron chi connectivity index (χ4n) is 6.34. The number of likely N-dealkylation sites (tertiary alicyclic amines) is 2. The van der Waals surface area contributed by atoms with E-state index in [2.05, 4.69) is 130 Å². The third-order valence-electron chi connectivity index (χ3n) is 9.57. The number of anilines is 1. The summed E-state index contributed by atoms with van der Waals surface area (Å²) in [6, 6.07) is 39.5. The highest BCUT2D eigenvalue weighted by molar-refractivity contribution is 6.17. The number of nitro groups is 1. The molecule has 3 aromatic heterocycles. The summed E-state index contributed by atoms with van der Waals surface area (Å²) in [6.07, 6.45) is 13.2. The Kier molecular flexibility index (Phi) is 25.9. The largest absolute Gasteiger partial charge is 0.384 e. The van der Waals surface area contributed by atoms with Gasteiger partial charge in [-0.05, 0) is 103 Å². The Labute approximate surface area is 374 Å². The van der Waals surface area contributed by atoms with Crippen LogP contribution in [0.5, 0.6) is 0 Å². The van der Waals surface area contributed by atoms with Crippen molar-refractivity contribution in [1.29, 1.82) is 0 Å². The van der Waals surface area contributed by atoms with E-state index < -0.39 is 4.92 Å². The second-order valence-electron chi connectivity index (χ2n) is 14.2. The van der Waals surface area contributed by atoms with Gasteiger partial charge in [0.15, 0.2) is 7.05 Å². The number of hydrogen-bond acceptors (Lipinski definition) is 6. The molecule has 2 fully saturated rings. The van der Waals surface area contributed by atoms with E-state index in [1.165, 1.54) is 70.3 Å². The first-order valence-corrected chi connectivity index (χ1v) is 21.6. The minimum absolute atomic E-state index is 0. The second kappa shape index (κ2) is 30.8. The van der Waals surface area contributed by atoms with Crippen LogP contribution in [0.25, 0.3) is 32.7 Å². The number of carbonyl (C=O) groups is 2. The number of aromatic amines is 2. The van der Waals surface area contributed by atoms with E-state index in [0.29, 0.717) is 11.8 Å². The fraction of sp³-hybridized carbons (Fsp3) is 0.347. The average Bonchev–Trinajstić information content (AvgIpc) is 4.13. The Morgan fingerprint density at radius 2 is 1.10 bits per heavy atom. The molecule has 0 bridgehead atoms. The minimum Gasteiger partial charge on any atom is -0.384 e. The molecule has 62 heavy (non-hydrogen) atoms. The number of amides is 2. The van der Waals surface area contributed by atoms with Crippen molar-refractivity contribution in [2.75, 3.05) is 59.0 Å². The van der Waals surface area contributed by atoms with Gasteiger partial charge in [0.25, 0.3) is 0 Å². The molecule has 0 saturated carbocycles. The maximum absolute atomic E-state index is 10.7. The van der Waals surface area contributed by atoms with E-state index in [0.717, 1.165) is 58.2 Å². The molecule has 13 heteroatoms. The summed E-state index contributed by atoms with van der Waals surface area (Å²) in [4.78, 5) is 39.6. The Hall–Kier alpha value is -6.11. The standard InChI is InChI=1S/C9H9N.C8H9N.2C8H7N.2C6H11NO.C2H5Cl.CH3NO2.CH5N.H2/c1-10-7-6-8-4-2-3-5-9(8)10;3*1-2-4-8-7(3-1)5-6-9-8;2*1-7-5-3-2-4-6(7)8;1-2-3;1-2(3)4;1-2;/h2-7H,1H3;1-4,9H,5-6H2;2*1-6,9H;2*2-5H2,1H3;2H2,1H3;1H3;2H2,1H3;1H. The molecule has 0 radical (unpaired) electrons. The van der Waals surface area contributed by atoms with E-state index >= 15 is 0 Å². The minimum atomic E-state index is -0.500. The number of nitrogens with two attached hydrogens (primary N) is 1. The maximum Gasteiger partial charge on any atom is 0.222 e. The number of fused-ring (bicyclic) bond motifs is 4. The van der Waals surface area contributed by atoms with Gasteiger partial charge in [-0.3, -0.25) is 19.7 Å². The quantitative estimate of drug-likeness (QED) is 0.0675. The molecule has 12 nitrogen and oxygen atoms in total. The van der Waals surface area contributed by atoms with Gasteiger partial charge in [0, 0.05) is 107 Å². The van der Waals surface area contributed by atoms with Gasteiger partial charge in [-0.2, -0.15) is 0 Å². The van der Waals surface area contributed by atoms with Crippen LogP contribution >= 0.6 is 11.6 Å². The van der Waals surface area contributed by atoms with Crippen molar-refractivity contribution in [3.8, 4) is 0 Å². The first-order valence-electron chi connectivity index (χ1n) is 21.1. The van der Waals surface area contributed by atoms with Gasteiger partial charge in [0.05, 0.1) is 0 Å². The van der Waals surface area contributed by atoms with Gasteiger partial charge in [-0.15, -0.1) is 11.6 Å². The van der Waals surface area contributed by atoms with Crippen molar-refractivity contribution < 1.29 is 15.9 Å². The Bertz CT molecular complexity index is 2110. The lowest BCUT2D eigenvalue weighted by Crippen LogP contribution is -2.31. The molecule has 7 aromatic rings. The molecular formula is C49H69ClN8O4. The molecule has 0 spiro atoms. The van der Waals surface area contributed by atoms with Gasteiger partial charge in [0.1, 0.15) is 0 Å². The summed E-state index contributed by atoms with van der Waals surface area (Å²) in [5.41, 5.74) is 11.0. The van der Waals surface area contributed by atoms with Crippen LogP contribution < -0.4 is 11.1 Å². The van der Waals surface area contributed by atoms with Crippen molar-refractivity contribution in [2.45, 2.75) is 51.9 Å². The number of carbonyl (C=O) groups excluding carboxylic acids is 2. The average molecular weight is 870 g/mol. The zero-order chi connectivity index (χ0) is 45.5. The molecule has 4 aromatic carbocycles. The number of nitrogens with one attached hydrogen (secondary N) is 3. The van der Waals surface area contributed by atoms with Gasteiger partial charge in [-0.1, -0.05) is 79.7 Å². The molecule has 2 amide bonds. The fourth-order valence-corrected chi connectivity index (χ4v) is 6.34. The Balaban J connectivity index is 0.000000364. The molecule has 2 saturated heterocycles. The van der Waals surface area contributed by atoms with E-state index in [-0.39, 0.29) is 1.43 Å². The van der Waals surface area contributed by atoms with Crippen LogP contribution in [-0.2, 0) is 23.1 Å². The highest BCUT2D eigenvalue weighted by Crippen LogP contribution is 2.20. The highest BCUT2D eigenvalue weighted by atomic mass is 35.5. The van der Waals surface area contributed by atoms with Gasteiger partial charge >= 0.3 is 0 Å². The van der Waals surface area contributed by atoms with Crippen molar-refractivity contribution in [3.05, 3.63) is 150 Å². The molecule has 10 rings (SSSR count). The Morgan fingerprint density at radius 1 is 0.661 bits per heavy atom. The highest BCUT2D eigenvalue weighted by Gasteiger charge is 2.13. The number of halogens is 1. The van der Waals surface area contributed by atoms with Crippen molar-refractivity contribution in [2.24, 2.45) is 12.8 Å². The summed E-state index contributed by atoms with van der Waals surface area (Å²) in [5, 5.41) is 16.0. The van der Waals surface area contributed by atoms with Crippen LogP contribution in [0, 0.1) is 10.1 Å². The van der Waals surface area contributed by atoms with E-state index in [1.54, 1.807) is 9.80 Å². The first-order chi connectivity index (χ1) is 30.0. The van der Waals surface area contributed by atoms with Crippen LogP contribution in [0.2, 0.25) is 0 Å². The topological polar surface area (TPSA) is 158 Å². The molecule has 3 aliphatic rings. The lowest BCUT2D eigenvalue weighted by atomic mass is 10.1. The van der Waals surface area contributed by atoms with E-state index in [4.69, 9.17) is 21.7 Å². The predicted molar refractivity (Wildman–Crippen MR) is 263 cm³/mol. The number of nitrogens with zero attached hydrogens (tertiary/aromatic N) is 4. The summed E-state index contributed by atoms with van der Waals surface area (Å²) in [6.45, 7) is 4.92. The molecule has 0 aliphatic carbocycles. The third-order valence-corrected chi connectivity index (χ3v) is 9.57. The molecule has 3 aliphatic heterocycles. The monoisotopic (exact) mass is 869 g/mol. The molecule has 5 N–H and O–H groups in total. The number of rotatable bonds is 0. The lowest BCUT2D eigenvalue weighted by Gasteiger charge is -2.21. The Morgan fingerprint density at radius 3 is 1.52 bits per heavy atom. The predicted octanol–water partition coefficient (Wildman–Crippen LogP) is 10.4. The number of alkyl halides is 1. The normalized spacial score (nSPS) is 13.2. The van der Waals surface area contributed by atoms with Crippen molar-refractivity contribution in [1.82, 2.24) is 24.3 Å². The van der Waals surface area contributed by atoms with Crippen LogP contribution in [-0.4, -0.2) is 94.8 Å². The number of hydrogen-bond donors (Lipinski definition) is 4. The smallest absolute Gasteiger partial charge is 0.222 e. The summed E-state index contributed by atoms with van der Waals surface area (Å²) in [7, 11) is 8.17. The summed E-state index contributed by atoms with van der Waals surface area (Å²) in [5.74, 6) is 1.33. The van der Waals surface area contributed by atoms with E-state index in [1.807, 2.05) is 57.7 Å². The van der Waals surface area contributed by atoms with Crippen LogP contribution in [0.15, 0.2) is 134 Å². The third kappa shape index (κ3) is 20.0. The zero-order valence-electron chi connectivity index (χ0n) is 37.4. The van der Waals surface area contributed by atoms with Crippen molar-refractivity contribution in [3.63, 3.8) is 0 Å². The van der Waals surface area contributed by atoms with E-state index in [9.17, 15) is 9.59 Å². The number of benzene rings is 4. The first kappa shape index (κ1) is 52.0. The molecule has 6 heterocycles. The van der Waals surface area contributed by atoms with Crippen molar-refractivity contribution >= 4 is 61.8 Å². The SMILES string of the molecule is CCCl.CN.CN1CCCCC1=O.CN1CCCCC1=O.C[N+](=O)[O-].Cn1ccc2ccccc21.[HH].c1ccc2[nH]ccc2c1.c1ccc2[nH]ccc2c1.c1ccc2c(c1)CCN2. The maximum atomic E-state index is 10.7. The number of para-hydroxylation sites is 4. The summed E-state index contributed by atoms with van der Waals surface area (Å²) >= 11 is 5.00. The second-order valence-corrected chi connectivity index (χ2v) is 14.7. The van der Waals surface area contributed by atoms with Gasteiger partial charge < -0.3 is 35.4 Å². The van der Waals surface area contributed by atoms with Crippen LogP contribution in [0.1, 0.15) is 52.4 Å². The molecule has 0 unspecified atom stereocenters.